The highest BCUT2D eigenvalue weighted by Gasteiger charge is 2.16. The lowest BCUT2D eigenvalue weighted by atomic mass is 10.0. The van der Waals surface area contributed by atoms with Crippen molar-refractivity contribution >= 4 is 26.7 Å². The lowest BCUT2D eigenvalue weighted by Gasteiger charge is -2.12. The first-order chi connectivity index (χ1) is 9.65. The third-order valence-corrected chi connectivity index (χ3v) is 4.01. The Morgan fingerprint density at radius 1 is 1.20 bits per heavy atom. The van der Waals surface area contributed by atoms with Gasteiger partial charge in [-0.1, -0.05) is 47.7 Å². The molecule has 0 aliphatic rings. The molecule has 0 bridgehead atoms. The monoisotopic (exact) mass is 330 g/mol. The van der Waals surface area contributed by atoms with Crippen LogP contribution in [0.3, 0.4) is 0 Å². The third-order valence-electron chi connectivity index (χ3n) is 3.45. The van der Waals surface area contributed by atoms with E-state index < -0.39 is 0 Å². The summed E-state index contributed by atoms with van der Waals surface area (Å²) in [5, 5.41) is 10.4. The van der Waals surface area contributed by atoms with Crippen LogP contribution in [0, 0.1) is 0 Å². The maximum absolute atomic E-state index is 6.29. The number of aryl methyl sites for hydroxylation is 1. The number of rotatable bonds is 3. The second-order valence-electron chi connectivity index (χ2n) is 4.88. The van der Waals surface area contributed by atoms with E-state index in [1.807, 2.05) is 19.2 Å². The molecule has 4 nitrogen and oxygen atoms in total. The lowest BCUT2D eigenvalue weighted by Crippen LogP contribution is -2.17. The molecule has 20 heavy (non-hydrogen) atoms. The van der Waals surface area contributed by atoms with Gasteiger partial charge in [0.05, 0.1) is 11.7 Å². The summed E-state index contributed by atoms with van der Waals surface area (Å²) >= 11 is 3.40. The molecule has 0 radical (unpaired) electrons. The highest BCUT2D eigenvalue weighted by molar-refractivity contribution is 9.10. The molecule has 0 amide bonds. The highest BCUT2D eigenvalue weighted by Crippen LogP contribution is 2.23. The average Bonchev–Trinajstić information content (AvgIpc) is 2.78. The van der Waals surface area contributed by atoms with Gasteiger partial charge in [-0.15, -0.1) is 5.10 Å². The summed E-state index contributed by atoms with van der Waals surface area (Å²) in [4.78, 5) is 0. The molecule has 3 aromatic rings. The maximum Gasteiger partial charge on any atom is 0.153 e. The van der Waals surface area contributed by atoms with E-state index in [2.05, 4.69) is 56.6 Å². The van der Waals surface area contributed by atoms with Crippen molar-refractivity contribution < 1.29 is 0 Å². The van der Waals surface area contributed by atoms with Crippen LogP contribution in [0.15, 0.2) is 47.1 Å². The van der Waals surface area contributed by atoms with Crippen molar-refractivity contribution in [1.82, 2.24) is 15.0 Å². The van der Waals surface area contributed by atoms with Gasteiger partial charge >= 0.3 is 0 Å². The number of halogens is 1. The molecule has 1 unspecified atom stereocenters. The van der Waals surface area contributed by atoms with Crippen LogP contribution >= 0.6 is 15.9 Å². The number of aromatic nitrogens is 3. The molecule has 102 valence electrons. The topological polar surface area (TPSA) is 56.7 Å². The quantitative estimate of drug-likeness (QED) is 0.803. The van der Waals surface area contributed by atoms with Gasteiger partial charge in [0.1, 0.15) is 0 Å². The van der Waals surface area contributed by atoms with E-state index >= 15 is 0 Å². The molecule has 0 saturated heterocycles. The first-order valence-electron chi connectivity index (χ1n) is 6.43. The Kier molecular flexibility index (Phi) is 3.54. The molecule has 0 aliphatic heterocycles. The van der Waals surface area contributed by atoms with E-state index in [1.54, 1.807) is 4.68 Å². The van der Waals surface area contributed by atoms with Crippen molar-refractivity contribution in [1.29, 1.82) is 0 Å². The molecule has 0 saturated carbocycles. The molecule has 0 fully saturated rings. The molecular formula is C15H15BrN4. The summed E-state index contributed by atoms with van der Waals surface area (Å²) in [5.41, 5.74) is 8.41. The van der Waals surface area contributed by atoms with E-state index in [-0.39, 0.29) is 6.04 Å². The van der Waals surface area contributed by atoms with Gasteiger partial charge in [-0.2, -0.15) is 0 Å². The number of fused-ring (bicyclic) bond motifs is 1. The van der Waals surface area contributed by atoms with Gasteiger partial charge in [-0.25, -0.2) is 4.68 Å². The van der Waals surface area contributed by atoms with Crippen molar-refractivity contribution in [2.75, 3.05) is 0 Å². The zero-order chi connectivity index (χ0) is 14.1. The van der Waals surface area contributed by atoms with E-state index in [9.17, 15) is 0 Å². The maximum atomic E-state index is 6.29. The fourth-order valence-electron chi connectivity index (χ4n) is 2.45. The van der Waals surface area contributed by atoms with Crippen molar-refractivity contribution in [3.8, 4) is 0 Å². The summed E-state index contributed by atoms with van der Waals surface area (Å²) in [6.07, 6.45) is 0.755. The van der Waals surface area contributed by atoms with Gasteiger partial charge in [0, 0.05) is 7.05 Å². The smallest absolute Gasteiger partial charge is 0.153 e. The number of hydrogen-bond acceptors (Lipinski definition) is 3. The Morgan fingerprint density at radius 3 is 2.65 bits per heavy atom. The molecule has 1 aromatic heterocycles. The summed E-state index contributed by atoms with van der Waals surface area (Å²) in [6, 6.07) is 14.6. The molecular weight excluding hydrogens is 316 g/mol. The fraction of sp³-hybridized carbons (Fsp3) is 0.200. The normalized spacial score (nSPS) is 12.8. The van der Waals surface area contributed by atoms with Crippen LogP contribution in [-0.4, -0.2) is 15.0 Å². The van der Waals surface area contributed by atoms with E-state index in [0.29, 0.717) is 4.60 Å². The molecule has 2 N–H and O–H groups in total. The highest BCUT2D eigenvalue weighted by atomic mass is 79.9. The fourth-order valence-corrected chi connectivity index (χ4v) is 3.07. The number of nitrogens with two attached hydrogens (primary N) is 1. The minimum absolute atomic E-state index is 0.134. The number of nitrogens with zero attached hydrogens (tertiary/aromatic N) is 3. The molecule has 0 spiro atoms. The van der Waals surface area contributed by atoms with Crippen molar-refractivity contribution in [2.24, 2.45) is 12.8 Å². The average molecular weight is 331 g/mol. The van der Waals surface area contributed by atoms with Crippen LogP contribution in [0.5, 0.6) is 0 Å². The largest absolute Gasteiger partial charge is 0.322 e. The first kappa shape index (κ1) is 13.3. The van der Waals surface area contributed by atoms with Crippen molar-refractivity contribution in [2.45, 2.75) is 12.5 Å². The molecule has 0 aliphatic carbocycles. The van der Waals surface area contributed by atoms with E-state index in [1.165, 1.54) is 16.3 Å². The molecule has 2 aromatic carbocycles. The summed E-state index contributed by atoms with van der Waals surface area (Å²) < 4.78 is 2.43. The summed E-state index contributed by atoms with van der Waals surface area (Å²) in [5.74, 6) is 0. The van der Waals surface area contributed by atoms with Gasteiger partial charge in [0.15, 0.2) is 4.60 Å². The van der Waals surface area contributed by atoms with E-state index in [0.717, 1.165) is 12.1 Å². The zero-order valence-electron chi connectivity index (χ0n) is 11.1. The van der Waals surface area contributed by atoms with Gasteiger partial charge in [0.25, 0.3) is 0 Å². The van der Waals surface area contributed by atoms with Gasteiger partial charge < -0.3 is 5.73 Å². The zero-order valence-corrected chi connectivity index (χ0v) is 12.7. The van der Waals surface area contributed by atoms with Crippen LogP contribution in [0.25, 0.3) is 10.8 Å². The Hall–Kier alpha value is -1.72. The van der Waals surface area contributed by atoms with Crippen LogP contribution in [0.4, 0.5) is 0 Å². The SMILES string of the molecule is Cn1nnc(Br)c1C(N)Cc1ccc2ccccc2c1. The van der Waals surface area contributed by atoms with Crippen LogP contribution in [-0.2, 0) is 13.5 Å². The molecule has 3 rings (SSSR count). The number of benzene rings is 2. The minimum Gasteiger partial charge on any atom is -0.322 e. The van der Waals surface area contributed by atoms with E-state index in [4.69, 9.17) is 5.73 Å². The van der Waals surface area contributed by atoms with Gasteiger partial charge in [-0.3, -0.25) is 0 Å². The van der Waals surface area contributed by atoms with Gasteiger partial charge in [0.2, 0.25) is 0 Å². The minimum atomic E-state index is -0.134. The summed E-state index contributed by atoms with van der Waals surface area (Å²) in [7, 11) is 1.85. The predicted octanol–water partition coefficient (Wildman–Crippen LogP) is 2.97. The summed E-state index contributed by atoms with van der Waals surface area (Å²) in [6.45, 7) is 0. The van der Waals surface area contributed by atoms with Crippen LogP contribution in [0.2, 0.25) is 0 Å². The second-order valence-corrected chi connectivity index (χ2v) is 5.63. The lowest BCUT2D eigenvalue weighted by molar-refractivity contribution is 0.606. The first-order valence-corrected chi connectivity index (χ1v) is 7.23. The Balaban J connectivity index is 1.89. The number of hydrogen-bond donors (Lipinski definition) is 1. The Labute approximate surface area is 125 Å². The van der Waals surface area contributed by atoms with Crippen molar-refractivity contribution in [3.63, 3.8) is 0 Å². The molecule has 5 heteroatoms. The van der Waals surface area contributed by atoms with Gasteiger partial charge in [-0.05, 0) is 38.7 Å². The third kappa shape index (κ3) is 2.46. The predicted molar refractivity (Wildman–Crippen MR) is 83.3 cm³/mol. The molecule has 1 heterocycles. The Morgan fingerprint density at radius 2 is 1.95 bits per heavy atom. The molecule has 1 atom stereocenters. The van der Waals surface area contributed by atoms with Crippen LogP contribution in [0.1, 0.15) is 17.3 Å². The standard InChI is InChI=1S/C15H15BrN4/c1-20-14(15(16)18-19-20)13(17)9-10-6-7-11-4-2-3-5-12(11)8-10/h2-8,13H,9,17H2,1H3. The van der Waals surface area contributed by atoms with Crippen LogP contribution < -0.4 is 5.73 Å². The second kappa shape index (κ2) is 5.34. The van der Waals surface area contributed by atoms with Crippen molar-refractivity contribution in [3.05, 3.63) is 58.3 Å². The Bertz CT molecular complexity index is 731.